The lowest BCUT2D eigenvalue weighted by atomic mass is 10.2. The Balaban J connectivity index is 0.000000722. The number of rotatable bonds is 2. The van der Waals surface area contributed by atoms with Crippen molar-refractivity contribution < 1.29 is 0 Å². The van der Waals surface area contributed by atoms with E-state index in [1.807, 2.05) is 24.7 Å². The van der Waals surface area contributed by atoms with Gasteiger partial charge in [0.15, 0.2) is 5.82 Å². The first-order chi connectivity index (χ1) is 7.43. The Bertz CT molecular complexity index is 465. The summed E-state index contributed by atoms with van der Waals surface area (Å²) in [5.74, 6) is 0.983. The third-order valence-corrected chi connectivity index (χ3v) is 2.85. The van der Waals surface area contributed by atoms with E-state index in [-0.39, 0.29) is 24.8 Å². The Morgan fingerprint density at radius 3 is 3.00 bits per heavy atom. The van der Waals surface area contributed by atoms with Crippen molar-refractivity contribution in [3.63, 3.8) is 0 Å². The minimum Gasteiger partial charge on any atom is -0.364 e. The first kappa shape index (κ1) is 14.1. The Morgan fingerprint density at radius 1 is 1.35 bits per heavy atom. The molecule has 4 nitrogen and oxygen atoms in total. The summed E-state index contributed by atoms with van der Waals surface area (Å²) < 4.78 is 2.08. The van der Waals surface area contributed by atoms with Crippen LogP contribution in [0, 0.1) is 0 Å². The molecular formula is C11H16Cl2N4. The van der Waals surface area contributed by atoms with Crippen LogP contribution in [0.15, 0.2) is 30.7 Å². The van der Waals surface area contributed by atoms with E-state index in [1.165, 1.54) is 6.42 Å². The number of hydrogen-bond acceptors (Lipinski definition) is 3. The number of anilines is 1. The number of hydrogen-bond donors (Lipinski definition) is 2. The van der Waals surface area contributed by atoms with Gasteiger partial charge in [0, 0.05) is 31.2 Å². The van der Waals surface area contributed by atoms with Gasteiger partial charge in [-0.15, -0.1) is 24.8 Å². The third-order valence-electron chi connectivity index (χ3n) is 2.85. The molecule has 0 aromatic carbocycles. The van der Waals surface area contributed by atoms with Crippen LogP contribution < -0.4 is 10.6 Å². The maximum absolute atomic E-state index is 4.38. The van der Waals surface area contributed by atoms with Gasteiger partial charge in [0.05, 0.1) is 5.52 Å². The number of fused-ring (bicyclic) bond motifs is 1. The smallest absolute Gasteiger partial charge is 0.150 e. The molecule has 6 heteroatoms. The zero-order chi connectivity index (χ0) is 10.1. The quantitative estimate of drug-likeness (QED) is 0.880. The van der Waals surface area contributed by atoms with Crippen molar-refractivity contribution in [2.75, 3.05) is 18.4 Å². The van der Waals surface area contributed by atoms with Crippen LogP contribution in [0.5, 0.6) is 0 Å². The number of aromatic nitrogens is 2. The van der Waals surface area contributed by atoms with Gasteiger partial charge in [0.2, 0.25) is 0 Å². The van der Waals surface area contributed by atoms with Crippen LogP contribution in [0.2, 0.25) is 0 Å². The van der Waals surface area contributed by atoms with Gasteiger partial charge in [-0.05, 0) is 25.1 Å². The van der Waals surface area contributed by atoms with Crippen LogP contribution >= 0.6 is 24.8 Å². The molecule has 1 atom stereocenters. The predicted octanol–water partition coefficient (Wildman–Crippen LogP) is 1.95. The van der Waals surface area contributed by atoms with Crippen molar-refractivity contribution in [1.82, 2.24) is 14.7 Å². The van der Waals surface area contributed by atoms with E-state index in [0.717, 1.165) is 24.4 Å². The van der Waals surface area contributed by atoms with E-state index in [4.69, 9.17) is 0 Å². The van der Waals surface area contributed by atoms with Crippen molar-refractivity contribution in [2.24, 2.45) is 0 Å². The molecule has 2 aromatic rings. The van der Waals surface area contributed by atoms with Gasteiger partial charge in [-0.25, -0.2) is 4.98 Å². The molecule has 3 heterocycles. The lowest BCUT2D eigenvalue weighted by Gasteiger charge is -2.12. The van der Waals surface area contributed by atoms with Crippen LogP contribution in [-0.4, -0.2) is 28.5 Å². The standard InChI is InChI=1S/C11H14N4.2ClH/c1-2-10-11(13-5-7-15(10)6-1)14-9-3-4-12-8-9;;/h1-2,5-7,9,12H,3-4,8H2,(H,13,14);2*1H. The molecule has 94 valence electrons. The highest BCUT2D eigenvalue weighted by Gasteiger charge is 2.15. The fourth-order valence-corrected chi connectivity index (χ4v) is 2.05. The van der Waals surface area contributed by atoms with Gasteiger partial charge in [-0.2, -0.15) is 0 Å². The highest BCUT2D eigenvalue weighted by Crippen LogP contribution is 2.16. The maximum atomic E-state index is 4.38. The van der Waals surface area contributed by atoms with E-state index < -0.39 is 0 Å². The van der Waals surface area contributed by atoms with Crippen molar-refractivity contribution in [3.05, 3.63) is 30.7 Å². The fourth-order valence-electron chi connectivity index (χ4n) is 2.05. The topological polar surface area (TPSA) is 41.4 Å². The minimum atomic E-state index is 0. The van der Waals surface area contributed by atoms with Crippen molar-refractivity contribution in [2.45, 2.75) is 12.5 Å². The van der Waals surface area contributed by atoms with Gasteiger partial charge < -0.3 is 15.0 Å². The Morgan fingerprint density at radius 2 is 2.24 bits per heavy atom. The number of nitrogens with one attached hydrogen (secondary N) is 2. The van der Waals surface area contributed by atoms with Gasteiger partial charge in [0.25, 0.3) is 0 Å². The summed E-state index contributed by atoms with van der Waals surface area (Å²) in [5.41, 5.74) is 1.14. The van der Waals surface area contributed by atoms with Crippen LogP contribution in [-0.2, 0) is 0 Å². The second kappa shape index (κ2) is 6.10. The van der Waals surface area contributed by atoms with E-state index in [1.54, 1.807) is 0 Å². The Labute approximate surface area is 113 Å². The zero-order valence-corrected chi connectivity index (χ0v) is 10.9. The molecule has 2 aromatic heterocycles. The fraction of sp³-hybridized carbons (Fsp3) is 0.364. The average molecular weight is 275 g/mol. The van der Waals surface area contributed by atoms with E-state index >= 15 is 0 Å². The number of halogens is 2. The second-order valence-corrected chi connectivity index (χ2v) is 3.91. The summed E-state index contributed by atoms with van der Waals surface area (Å²) in [5, 5.41) is 6.81. The van der Waals surface area contributed by atoms with Crippen LogP contribution in [0.25, 0.3) is 5.52 Å². The van der Waals surface area contributed by atoms with Gasteiger partial charge in [0.1, 0.15) is 0 Å². The van der Waals surface area contributed by atoms with Crippen LogP contribution in [0.4, 0.5) is 5.82 Å². The van der Waals surface area contributed by atoms with Crippen molar-refractivity contribution in [1.29, 1.82) is 0 Å². The summed E-state index contributed by atoms with van der Waals surface area (Å²) in [7, 11) is 0. The van der Waals surface area contributed by atoms with E-state index in [0.29, 0.717) is 6.04 Å². The minimum absolute atomic E-state index is 0. The molecule has 17 heavy (non-hydrogen) atoms. The van der Waals surface area contributed by atoms with Crippen LogP contribution in [0.1, 0.15) is 6.42 Å². The average Bonchev–Trinajstić information content (AvgIpc) is 2.87. The molecule has 0 aliphatic carbocycles. The van der Waals surface area contributed by atoms with Crippen molar-refractivity contribution in [3.8, 4) is 0 Å². The molecule has 0 bridgehead atoms. The summed E-state index contributed by atoms with van der Waals surface area (Å²) in [6.07, 6.45) is 7.00. The van der Waals surface area contributed by atoms with Gasteiger partial charge in [-0.1, -0.05) is 0 Å². The van der Waals surface area contributed by atoms with Crippen LogP contribution in [0.3, 0.4) is 0 Å². The van der Waals surface area contributed by atoms with Crippen molar-refractivity contribution >= 4 is 36.1 Å². The molecule has 1 aliphatic heterocycles. The normalized spacial score (nSPS) is 18.5. The molecule has 1 fully saturated rings. The van der Waals surface area contributed by atoms with Gasteiger partial charge in [-0.3, -0.25) is 0 Å². The molecule has 0 saturated carbocycles. The highest BCUT2D eigenvalue weighted by atomic mass is 35.5. The molecule has 1 unspecified atom stereocenters. The number of nitrogens with zero attached hydrogens (tertiary/aromatic N) is 2. The molecule has 0 spiro atoms. The molecule has 3 rings (SSSR count). The Hall–Kier alpha value is -0.970. The summed E-state index contributed by atoms with van der Waals surface area (Å²) >= 11 is 0. The summed E-state index contributed by atoms with van der Waals surface area (Å²) in [6.45, 7) is 2.13. The lowest BCUT2D eigenvalue weighted by molar-refractivity contribution is 0.788. The predicted molar refractivity (Wildman–Crippen MR) is 74.6 cm³/mol. The first-order valence-electron chi connectivity index (χ1n) is 5.32. The SMILES string of the molecule is Cl.Cl.c1cc2c(NC3CCNC3)nccn2c1. The maximum Gasteiger partial charge on any atom is 0.150 e. The molecule has 1 aliphatic rings. The van der Waals surface area contributed by atoms with Gasteiger partial charge >= 0.3 is 0 Å². The van der Waals surface area contributed by atoms with E-state index in [2.05, 4.69) is 26.1 Å². The molecule has 0 amide bonds. The summed E-state index contributed by atoms with van der Waals surface area (Å²) in [6, 6.07) is 4.63. The monoisotopic (exact) mass is 274 g/mol. The molecular weight excluding hydrogens is 259 g/mol. The second-order valence-electron chi connectivity index (χ2n) is 3.91. The van der Waals surface area contributed by atoms with E-state index in [9.17, 15) is 0 Å². The lowest BCUT2D eigenvalue weighted by Crippen LogP contribution is -2.22. The first-order valence-corrected chi connectivity index (χ1v) is 5.32. The Kier molecular flexibility index (Phi) is 5.05. The third kappa shape index (κ3) is 2.83. The summed E-state index contributed by atoms with van der Waals surface area (Å²) in [4.78, 5) is 4.38. The highest BCUT2D eigenvalue weighted by molar-refractivity contribution is 5.85. The molecule has 0 radical (unpaired) electrons. The molecule has 2 N–H and O–H groups in total. The zero-order valence-electron chi connectivity index (χ0n) is 9.30. The molecule has 1 saturated heterocycles. The largest absolute Gasteiger partial charge is 0.364 e.